The molecule has 0 aliphatic carbocycles. The second-order valence-electron chi connectivity index (χ2n) is 6.29. The Labute approximate surface area is 157 Å². The van der Waals surface area contributed by atoms with Gasteiger partial charge < -0.3 is 16.7 Å². The summed E-state index contributed by atoms with van der Waals surface area (Å²) in [6.07, 6.45) is 1.79. The van der Waals surface area contributed by atoms with Gasteiger partial charge in [-0.3, -0.25) is 0 Å². The Bertz CT molecular complexity index is 468. The molecular weight excluding hydrogens is 477 g/mol. The van der Waals surface area contributed by atoms with Crippen molar-refractivity contribution in [2.75, 3.05) is 0 Å². The Morgan fingerprint density at radius 2 is 1.57 bits per heavy atom. The normalized spacial score (nSPS) is 9.52. The number of benzene rings is 1. The summed E-state index contributed by atoms with van der Waals surface area (Å²) in [6, 6.07) is 16.8. The Kier molecular flexibility index (Phi) is 14.0. The van der Waals surface area contributed by atoms with E-state index in [2.05, 4.69) is 35.7 Å². The molecule has 0 atom stereocenters. The smallest absolute Gasteiger partial charge is 0.0379 e. The van der Waals surface area contributed by atoms with Crippen molar-refractivity contribution in [1.29, 1.82) is 0 Å². The molecule has 0 bridgehead atoms. The quantitative estimate of drug-likeness (QED) is 0.295. The summed E-state index contributed by atoms with van der Waals surface area (Å²) in [5.74, 6) is 0. The van der Waals surface area contributed by atoms with Crippen LogP contribution in [0, 0.1) is 6.07 Å². The number of hydrogen-bond donors (Lipinski definition) is 0. The second-order valence-corrected chi connectivity index (χ2v) is 9.29. The van der Waals surface area contributed by atoms with Crippen LogP contribution in [0.5, 0.6) is 0 Å². The van der Waals surface area contributed by atoms with E-state index in [9.17, 15) is 0 Å². The number of nitrogens with zero attached hydrogens (tertiary/aromatic N) is 2. The van der Waals surface area contributed by atoms with E-state index >= 15 is 0 Å². The molecule has 2 aromatic rings. The first-order chi connectivity index (χ1) is 10.3. The molecule has 0 fully saturated rings. The van der Waals surface area contributed by atoms with Crippen LogP contribution in [0.25, 0.3) is 11.3 Å². The van der Waals surface area contributed by atoms with E-state index in [-0.39, 0.29) is 34.4 Å². The summed E-state index contributed by atoms with van der Waals surface area (Å²) in [5, 5.41) is 0. The SMILES string of the molecule is C[Si](C)C.[CH-]=NC(C)(C)C.[Ir].[c-]1ccccc1-c1ccccn1. The summed E-state index contributed by atoms with van der Waals surface area (Å²) >= 11 is 0. The van der Waals surface area contributed by atoms with Gasteiger partial charge in [0.15, 0.2) is 0 Å². The third kappa shape index (κ3) is 15.6. The van der Waals surface area contributed by atoms with Crippen molar-refractivity contribution in [2.24, 2.45) is 4.99 Å². The van der Waals surface area contributed by atoms with Crippen LogP contribution in [0.2, 0.25) is 19.6 Å². The van der Waals surface area contributed by atoms with Crippen molar-refractivity contribution < 1.29 is 20.1 Å². The van der Waals surface area contributed by atoms with Crippen molar-refractivity contribution >= 4 is 15.5 Å². The molecule has 0 saturated carbocycles. The van der Waals surface area contributed by atoms with Gasteiger partial charge in [-0.05, 0) is 32.5 Å². The Morgan fingerprint density at radius 3 is 1.91 bits per heavy atom. The van der Waals surface area contributed by atoms with Crippen LogP contribution in [-0.4, -0.2) is 26.0 Å². The summed E-state index contributed by atoms with van der Waals surface area (Å²) in [4.78, 5) is 7.74. The minimum absolute atomic E-state index is 0. The van der Waals surface area contributed by atoms with Crippen molar-refractivity contribution in [3.63, 3.8) is 0 Å². The van der Waals surface area contributed by atoms with E-state index in [0.717, 1.165) is 11.3 Å². The number of hydrogen-bond acceptors (Lipinski definition) is 2. The molecule has 1 aromatic heterocycles. The molecule has 0 aliphatic heterocycles. The zero-order chi connectivity index (χ0) is 17.0. The molecule has 23 heavy (non-hydrogen) atoms. The van der Waals surface area contributed by atoms with E-state index in [4.69, 9.17) is 6.72 Å². The molecule has 0 unspecified atom stereocenters. The van der Waals surface area contributed by atoms with Crippen molar-refractivity contribution in [3.05, 3.63) is 54.7 Å². The average molecular weight is 504 g/mol. The summed E-state index contributed by atoms with van der Waals surface area (Å²) < 4.78 is 0. The van der Waals surface area contributed by atoms with Gasteiger partial charge in [-0.1, -0.05) is 31.8 Å². The summed E-state index contributed by atoms with van der Waals surface area (Å²) in [6.45, 7) is 17.6. The summed E-state index contributed by atoms with van der Waals surface area (Å²) in [7, 11) is 0.120. The van der Waals surface area contributed by atoms with Crippen molar-refractivity contribution in [2.45, 2.75) is 46.0 Å². The van der Waals surface area contributed by atoms with Crippen LogP contribution in [-0.2, 0) is 20.1 Å². The van der Waals surface area contributed by atoms with Gasteiger partial charge in [0, 0.05) is 40.6 Å². The topological polar surface area (TPSA) is 25.2 Å². The van der Waals surface area contributed by atoms with Gasteiger partial charge in [0.2, 0.25) is 0 Å². The number of aromatic nitrogens is 1. The van der Waals surface area contributed by atoms with Crippen LogP contribution >= 0.6 is 0 Å². The standard InChI is InChI=1S/C11H8N.C5H10N.C3H9Si.Ir/c1-2-6-10(7-3-1)11-8-4-5-9-12-11;1-5(2,3)6-4;1-4(2)3;/h1-6,8-9H;4H,1-3H3;1-3H3;/q2*-1;;. The molecule has 2 nitrogen and oxygen atoms in total. The number of aliphatic imine (C=N–C) groups is 1. The molecule has 128 valence electrons. The second kappa shape index (κ2) is 13.4. The Morgan fingerprint density at radius 1 is 1.04 bits per heavy atom. The molecule has 0 amide bonds. The Hall–Kier alpha value is -1.09. The molecule has 0 saturated heterocycles. The third-order valence-corrected chi connectivity index (χ3v) is 2.04. The van der Waals surface area contributed by atoms with Crippen LogP contribution in [0.3, 0.4) is 0 Å². The third-order valence-electron chi connectivity index (χ3n) is 2.04. The van der Waals surface area contributed by atoms with Gasteiger partial charge in [0.25, 0.3) is 0 Å². The van der Waals surface area contributed by atoms with E-state index in [1.807, 2.05) is 63.2 Å². The molecule has 0 aliphatic rings. The molecule has 0 N–H and O–H groups in total. The zero-order valence-electron chi connectivity index (χ0n) is 14.9. The van der Waals surface area contributed by atoms with Crippen LogP contribution in [0.4, 0.5) is 0 Å². The molecule has 0 spiro atoms. The maximum Gasteiger partial charge on any atom is 0.0379 e. The molecule has 1 aromatic carbocycles. The fraction of sp³-hybridized carbons (Fsp3) is 0.368. The molecular formula is C19H27IrN2Si-2. The first-order valence-electron chi connectivity index (χ1n) is 7.33. The van der Waals surface area contributed by atoms with Crippen LogP contribution in [0.15, 0.2) is 53.7 Å². The molecule has 1 heterocycles. The summed E-state index contributed by atoms with van der Waals surface area (Å²) in [5.41, 5.74) is 1.95. The van der Waals surface area contributed by atoms with Gasteiger partial charge in [-0.2, -0.15) is 0 Å². The van der Waals surface area contributed by atoms with E-state index < -0.39 is 0 Å². The van der Waals surface area contributed by atoms with Crippen molar-refractivity contribution in [1.82, 2.24) is 4.98 Å². The van der Waals surface area contributed by atoms with E-state index in [1.54, 1.807) is 6.20 Å². The van der Waals surface area contributed by atoms with Gasteiger partial charge in [-0.25, -0.2) is 0 Å². The molecule has 2 rings (SSSR count). The monoisotopic (exact) mass is 504 g/mol. The maximum absolute atomic E-state index is 4.93. The number of rotatable bonds is 1. The van der Waals surface area contributed by atoms with Crippen molar-refractivity contribution in [3.8, 4) is 11.3 Å². The van der Waals surface area contributed by atoms with Crippen LogP contribution in [0.1, 0.15) is 20.8 Å². The zero-order valence-corrected chi connectivity index (χ0v) is 18.3. The van der Waals surface area contributed by atoms with Gasteiger partial charge in [-0.15, -0.1) is 35.9 Å². The maximum atomic E-state index is 4.93. The predicted octanol–water partition coefficient (Wildman–Crippen LogP) is 5.28. The fourth-order valence-electron chi connectivity index (χ4n) is 1.07. The largest absolute Gasteiger partial charge is 0.501 e. The average Bonchev–Trinajstić information content (AvgIpc) is 2.48. The minimum Gasteiger partial charge on any atom is -0.501 e. The van der Waals surface area contributed by atoms with Gasteiger partial charge in [0.1, 0.15) is 0 Å². The van der Waals surface area contributed by atoms with E-state index in [1.165, 1.54) is 0 Å². The predicted molar refractivity (Wildman–Crippen MR) is 100 cm³/mol. The Balaban J connectivity index is 0. The molecule has 4 heteroatoms. The van der Waals surface area contributed by atoms with E-state index in [0.29, 0.717) is 0 Å². The van der Waals surface area contributed by atoms with Gasteiger partial charge >= 0.3 is 0 Å². The first-order valence-corrected chi connectivity index (χ1v) is 10.3. The first kappa shape index (κ1) is 24.2. The minimum atomic E-state index is -0.0556. The fourth-order valence-corrected chi connectivity index (χ4v) is 1.07. The van der Waals surface area contributed by atoms with Gasteiger partial charge in [0.05, 0.1) is 0 Å². The molecule has 2 radical (unpaired) electrons. The number of pyridine rings is 1. The van der Waals surface area contributed by atoms with Crippen LogP contribution < -0.4 is 0 Å².